The van der Waals surface area contributed by atoms with E-state index in [1.807, 2.05) is 6.07 Å². The van der Waals surface area contributed by atoms with Crippen LogP contribution < -0.4 is 5.32 Å². The summed E-state index contributed by atoms with van der Waals surface area (Å²) in [5.74, 6) is -0.221. The summed E-state index contributed by atoms with van der Waals surface area (Å²) >= 11 is 3.49. The van der Waals surface area contributed by atoms with E-state index < -0.39 is 0 Å². The maximum atomic E-state index is 13.3. The van der Waals surface area contributed by atoms with Gasteiger partial charge in [0.05, 0.1) is 6.04 Å². The Bertz CT molecular complexity index is 580. The molecule has 0 fully saturated rings. The smallest absolute Gasteiger partial charge is 0.124 e. The second-order valence-electron chi connectivity index (χ2n) is 5.15. The molecule has 0 spiro atoms. The molecule has 0 saturated heterocycles. The van der Waals surface area contributed by atoms with E-state index in [1.54, 1.807) is 0 Å². The standard InChI is InChI=1S/C18H21BrFN/c1-3-11-21-18(14-7-5-13(4-2)6-8-14)16-10-9-15(20)12-17(16)19/h5-10,12,18,21H,3-4,11H2,1-2H3. The van der Waals surface area contributed by atoms with Crippen LogP contribution in [0.15, 0.2) is 46.9 Å². The van der Waals surface area contributed by atoms with Gasteiger partial charge in [0.1, 0.15) is 5.82 Å². The molecule has 1 nitrogen and oxygen atoms in total. The van der Waals surface area contributed by atoms with Crippen molar-refractivity contribution in [2.75, 3.05) is 6.54 Å². The third-order valence-corrected chi connectivity index (χ3v) is 4.28. The molecule has 0 aliphatic carbocycles. The van der Waals surface area contributed by atoms with E-state index in [9.17, 15) is 4.39 Å². The van der Waals surface area contributed by atoms with Crippen molar-refractivity contribution >= 4 is 15.9 Å². The second kappa shape index (κ2) is 7.71. The first-order valence-corrected chi connectivity index (χ1v) is 8.22. The lowest BCUT2D eigenvalue weighted by atomic mass is 9.97. The quantitative estimate of drug-likeness (QED) is 0.751. The van der Waals surface area contributed by atoms with Gasteiger partial charge in [-0.15, -0.1) is 0 Å². The number of benzene rings is 2. The first-order chi connectivity index (χ1) is 10.2. The minimum Gasteiger partial charge on any atom is -0.306 e. The van der Waals surface area contributed by atoms with Crippen molar-refractivity contribution in [1.29, 1.82) is 0 Å². The lowest BCUT2D eigenvalue weighted by molar-refractivity contribution is 0.590. The Balaban J connectivity index is 2.36. The highest BCUT2D eigenvalue weighted by atomic mass is 79.9. The van der Waals surface area contributed by atoms with E-state index in [4.69, 9.17) is 0 Å². The van der Waals surface area contributed by atoms with Crippen LogP contribution in [0, 0.1) is 5.82 Å². The summed E-state index contributed by atoms with van der Waals surface area (Å²) in [5, 5.41) is 3.55. The molecule has 2 rings (SSSR count). The summed E-state index contributed by atoms with van der Waals surface area (Å²) in [7, 11) is 0. The Kier molecular flexibility index (Phi) is 5.95. The van der Waals surface area contributed by atoms with Gasteiger partial charge in [0.2, 0.25) is 0 Å². The van der Waals surface area contributed by atoms with Gasteiger partial charge >= 0.3 is 0 Å². The third kappa shape index (κ3) is 4.14. The SMILES string of the molecule is CCCNC(c1ccc(CC)cc1)c1ccc(F)cc1Br. The van der Waals surface area contributed by atoms with Crippen molar-refractivity contribution < 1.29 is 4.39 Å². The fourth-order valence-corrected chi connectivity index (χ4v) is 2.96. The van der Waals surface area contributed by atoms with Gasteiger partial charge in [0, 0.05) is 4.47 Å². The molecule has 1 atom stereocenters. The maximum absolute atomic E-state index is 13.3. The molecule has 1 unspecified atom stereocenters. The molecule has 0 heterocycles. The molecule has 1 N–H and O–H groups in total. The predicted octanol–water partition coefficient (Wildman–Crippen LogP) is 5.24. The lowest BCUT2D eigenvalue weighted by Crippen LogP contribution is -2.23. The topological polar surface area (TPSA) is 12.0 Å². The van der Waals surface area contributed by atoms with Crippen molar-refractivity contribution in [3.8, 4) is 0 Å². The minimum absolute atomic E-state index is 0.0748. The van der Waals surface area contributed by atoms with Crippen molar-refractivity contribution in [3.63, 3.8) is 0 Å². The zero-order chi connectivity index (χ0) is 15.2. The molecule has 112 valence electrons. The van der Waals surface area contributed by atoms with E-state index in [2.05, 4.69) is 59.4 Å². The lowest BCUT2D eigenvalue weighted by Gasteiger charge is -2.21. The first-order valence-electron chi connectivity index (χ1n) is 7.42. The number of rotatable bonds is 6. The van der Waals surface area contributed by atoms with Crippen LogP contribution in [-0.2, 0) is 6.42 Å². The molecular formula is C18H21BrFN. The highest BCUT2D eigenvalue weighted by Gasteiger charge is 2.16. The molecule has 0 aromatic heterocycles. The summed E-state index contributed by atoms with van der Waals surface area (Å²) in [5.41, 5.74) is 3.59. The third-order valence-electron chi connectivity index (χ3n) is 3.59. The minimum atomic E-state index is -0.221. The average Bonchev–Trinajstić information content (AvgIpc) is 2.50. The van der Waals surface area contributed by atoms with Crippen molar-refractivity contribution in [3.05, 3.63) is 69.4 Å². The monoisotopic (exact) mass is 349 g/mol. The Morgan fingerprint density at radius 3 is 2.38 bits per heavy atom. The molecule has 0 radical (unpaired) electrons. The molecule has 3 heteroatoms. The maximum Gasteiger partial charge on any atom is 0.124 e. The van der Waals surface area contributed by atoms with Crippen LogP contribution in [0.5, 0.6) is 0 Å². The zero-order valence-corrected chi connectivity index (χ0v) is 14.1. The predicted molar refractivity (Wildman–Crippen MR) is 90.1 cm³/mol. The van der Waals surface area contributed by atoms with Gasteiger partial charge in [-0.3, -0.25) is 0 Å². The molecular weight excluding hydrogens is 329 g/mol. The molecule has 0 bridgehead atoms. The first kappa shape index (κ1) is 16.2. The summed E-state index contributed by atoms with van der Waals surface area (Å²) in [6, 6.07) is 13.6. The number of halogens is 2. The highest BCUT2D eigenvalue weighted by molar-refractivity contribution is 9.10. The summed E-state index contributed by atoms with van der Waals surface area (Å²) in [6.07, 6.45) is 2.09. The van der Waals surface area contributed by atoms with Gasteiger partial charge in [0.25, 0.3) is 0 Å². The van der Waals surface area contributed by atoms with E-state index >= 15 is 0 Å². The van der Waals surface area contributed by atoms with Crippen molar-refractivity contribution in [2.45, 2.75) is 32.7 Å². The molecule has 0 saturated carbocycles. The van der Waals surface area contributed by atoms with Crippen LogP contribution in [0.4, 0.5) is 4.39 Å². The van der Waals surface area contributed by atoms with Crippen molar-refractivity contribution in [1.82, 2.24) is 5.32 Å². The summed E-state index contributed by atoms with van der Waals surface area (Å²) in [4.78, 5) is 0. The highest BCUT2D eigenvalue weighted by Crippen LogP contribution is 2.29. The van der Waals surface area contributed by atoms with Gasteiger partial charge < -0.3 is 5.32 Å². The van der Waals surface area contributed by atoms with Crippen LogP contribution in [0.1, 0.15) is 43.0 Å². The van der Waals surface area contributed by atoms with E-state index in [1.165, 1.54) is 23.3 Å². The van der Waals surface area contributed by atoms with Gasteiger partial charge in [-0.25, -0.2) is 4.39 Å². The largest absolute Gasteiger partial charge is 0.306 e. The van der Waals surface area contributed by atoms with Crippen LogP contribution in [0.2, 0.25) is 0 Å². The Hall–Kier alpha value is -1.19. The second-order valence-corrected chi connectivity index (χ2v) is 6.00. The summed E-state index contributed by atoms with van der Waals surface area (Å²) < 4.78 is 14.1. The Morgan fingerprint density at radius 2 is 1.81 bits per heavy atom. The molecule has 0 aliphatic rings. The van der Waals surface area contributed by atoms with Gasteiger partial charge in [-0.05, 0) is 48.2 Å². The van der Waals surface area contributed by atoms with Crippen LogP contribution in [-0.4, -0.2) is 6.54 Å². The Morgan fingerprint density at radius 1 is 1.10 bits per heavy atom. The van der Waals surface area contributed by atoms with E-state index in [0.29, 0.717) is 0 Å². The molecule has 2 aromatic carbocycles. The number of hydrogen-bond donors (Lipinski definition) is 1. The fraction of sp³-hybridized carbons (Fsp3) is 0.333. The van der Waals surface area contributed by atoms with Crippen molar-refractivity contribution in [2.24, 2.45) is 0 Å². The molecule has 0 amide bonds. The fourth-order valence-electron chi connectivity index (χ4n) is 2.38. The number of aryl methyl sites for hydroxylation is 1. The average molecular weight is 350 g/mol. The van der Waals surface area contributed by atoms with E-state index in [0.717, 1.165) is 29.4 Å². The Labute approximate surface area is 134 Å². The van der Waals surface area contributed by atoms with Crippen LogP contribution >= 0.6 is 15.9 Å². The van der Waals surface area contributed by atoms with Gasteiger partial charge in [-0.2, -0.15) is 0 Å². The number of nitrogens with one attached hydrogen (secondary N) is 1. The molecule has 21 heavy (non-hydrogen) atoms. The number of hydrogen-bond acceptors (Lipinski definition) is 1. The van der Waals surface area contributed by atoms with E-state index in [-0.39, 0.29) is 11.9 Å². The van der Waals surface area contributed by atoms with Gasteiger partial charge in [-0.1, -0.05) is 60.1 Å². The summed E-state index contributed by atoms with van der Waals surface area (Å²) in [6.45, 7) is 5.21. The molecule has 2 aromatic rings. The van der Waals surface area contributed by atoms with Crippen LogP contribution in [0.25, 0.3) is 0 Å². The zero-order valence-electron chi connectivity index (χ0n) is 12.5. The van der Waals surface area contributed by atoms with Gasteiger partial charge in [0.15, 0.2) is 0 Å². The van der Waals surface area contributed by atoms with Crippen LogP contribution in [0.3, 0.4) is 0 Å². The normalized spacial score (nSPS) is 12.4. The molecule has 0 aliphatic heterocycles.